The highest BCUT2D eigenvalue weighted by atomic mass is 35.5. The van der Waals surface area contributed by atoms with Gasteiger partial charge in [0.15, 0.2) is 0 Å². The van der Waals surface area contributed by atoms with Crippen molar-refractivity contribution in [1.82, 2.24) is 4.98 Å². The molecule has 0 radical (unpaired) electrons. The van der Waals surface area contributed by atoms with Crippen molar-refractivity contribution < 1.29 is 5.11 Å². The van der Waals surface area contributed by atoms with Gasteiger partial charge in [0.25, 0.3) is 0 Å². The Morgan fingerprint density at radius 2 is 2.23 bits per heavy atom. The summed E-state index contributed by atoms with van der Waals surface area (Å²) in [7, 11) is 0. The van der Waals surface area contributed by atoms with Crippen LogP contribution in [0.25, 0.3) is 10.9 Å². The number of hydrogen-bond donors (Lipinski definition) is 4. The molecule has 1 heterocycles. The average molecular weight is 198 g/mol. The van der Waals surface area contributed by atoms with Crippen LogP contribution in [0.15, 0.2) is 18.2 Å². The van der Waals surface area contributed by atoms with Crippen molar-refractivity contribution in [3.8, 4) is 5.88 Å². The maximum Gasteiger partial charge on any atom is 0.214 e. The van der Waals surface area contributed by atoms with E-state index >= 15 is 0 Å². The maximum atomic E-state index is 9.40. The van der Waals surface area contributed by atoms with Gasteiger partial charge in [-0.05, 0) is 12.1 Å². The van der Waals surface area contributed by atoms with Crippen LogP contribution in [0.2, 0.25) is 5.02 Å². The average Bonchev–Trinajstić information content (AvgIpc) is 2.42. The molecule has 0 aliphatic carbocycles. The lowest BCUT2D eigenvalue weighted by molar-refractivity contribution is 0.460. The molecule has 4 nitrogen and oxygen atoms in total. The topological polar surface area (TPSA) is 74.1 Å². The van der Waals surface area contributed by atoms with Crippen molar-refractivity contribution in [3.63, 3.8) is 0 Å². The van der Waals surface area contributed by atoms with Gasteiger partial charge in [-0.25, -0.2) is 0 Å². The van der Waals surface area contributed by atoms with Crippen LogP contribution < -0.4 is 11.3 Å². The molecule has 0 aliphatic rings. The van der Waals surface area contributed by atoms with Crippen molar-refractivity contribution in [2.75, 3.05) is 5.43 Å². The number of hydrazine groups is 1. The fraction of sp³-hybridized carbons (Fsp3) is 0. The Balaban J connectivity index is 2.88. The van der Waals surface area contributed by atoms with Crippen LogP contribution in [0.5, 0.6) is 5.88 Å². The number of nitrogens with one attached hydrogen (secondary N) is 2. The minimum Gasteiger partial charge on any atom is -0.493 e. The van der Waals surface area contributed by atoms with E-state index in [4.69, 9.17) is 17.4 Å². The number of nitrogens with two attached hydrogens (primary N) is 1. The lowest BCUT2D eigenvalue weighted by Crippen LogP contribution is -2.06. The number of rotatable bonds is 1. The quantitative estimate of drug-likeness (QED) is 0.416. The van der Waals surface area contributed by atoms with Gasteiger partial charge in [0.05, 0.1) is 10.5 Å². The van der Waals surface area contributed by atoms with Crippen molar-refractivity contribution >= 4 is 28.2 Å². The highest BCUT2D eigenvalue weighted by Crippen LogP contribution is 2.36. The van der Waals surface area contributed by atoms with Gasteiger partial charge in [0.2, 0.25) is 5.88 Å². The van der Waals surface area contributed by atoms with Crippen LogP contribution in [0.1, 0.15) is 0 Å². The first kappa shape index (κ1) is 8.22. The highest BCUT2D eigenvalue weighted by molar-refractivity contribution is 6.36. The number of H-pyrrole nitrogens is 1. The predicted octanol–water partition coefficient (Wildman–Crippen LogP) is 1.81. The molecule has 2 aromatic rings. The number of anilines is 1. The zero-order valence-electron chi connectivity index (χ0n) is 6.63. The lowest BCUT2D eigenvalue weighted by atomic mass is 10.2. The molecule has 0 unspecified atom stereocenters. The van der Waals surface area contributed by atoms with E-state index in [1.54, 1.807) is 12.1 Å². The van der Waals surface area contributed by atoms with Gasteiger partial charge in [-0.1, -0.05) is 17.7 Å². The Hall–Kier alpha value is -1.39. The monoisotopic (exact) mass is 197 g/mol. The van der Waals surface area contributed by atoms with E-state index in [1.165, 1.54) is 0 Å². The van der Waals surface area contributed by atoms with Crippen molar-refractivity contribution in [2.45, 2.75) is 0 Å². The lowest BCUT2D eigenvalue weighted by Gasteiger charge is -1.98. The smallest absolute Gasteiger partial charge is 0.214 e. The second-order valence-electron chi connectivity index (χ2n) is 2.66. The van der Waals surface area contributed by atoms with Crippen LogP contribution in [0.3, 0.4) is 0 Å². The predicted molar refractivity (Wildman–Crippen MR) is 52.8 cm³/mol. The van der Waals surface area contributed by atoms with Gasteiger partial charge in [-0.3, -0.25) is 5.84 Å². The molecule has 13 heavy (non-hydrogen) atoms. The summed E-state index contributed by atoms with van der Waals surface area (Å²) in [4.78, 5) is 2.75. The van der Waals surface area contributed by atoms with E-state index in [-0.39, 0.29) is 5.88 Å². The molecule has 5 N–H and O–H groups in total. The first-order valence-corrected chi connectivity index (χ1v) is 4.07. The Kier molecular flexibility index (Phi) is 1.79. The summed E-state index contributed by atoms with van der Waals surface area (Å²) in [6, 6.07) is 5.33. The number of nitrogen functional groups attached to an aromatic ring is 1. The molecule has 0 saturated carbocycles. The van der Waals surface area contributed by atoms with Crippen LogP contribution in [-0.2, 0) is 0 Å². The number of benzene rings is 1. The van der Waals surface area contributed by atoms with E-state index in [0.717, 1.165) is 5.52 Å². The summed E-state index contributed by atoms with van der Waals surface area (Å²) in [5, 5.41) is 10.6. The van der Waals surface area contributed by atoms with E-state index in [9.17, 15) is 5.11 Å². The summed E-state index contributed by atoms with van der Waals surface area (Å²) in [5.74, 6) is 5.23. The Labute approximate surface area is 79.3 Å². The first-order chi connectivity index (χ1) is 6.24. The fourth-order valence-corrected chi connectivity index (χ4v) is 1.60. The van der Waals surface area contributed by atoms with Gasteiger partial charge < -0.3 is 15.5 Å². The van der Waals surface area contributed by atoms with Crippen LogP contribution >= 0.6 is 11.6 Å². The SMILES string of the molecule is NNc1c(O)[nH]c2cccc(Cl)c12. The van der Waals surface area contributed by atoms with Gasteiger partial charge in [-0.15, -0.1) is 0 Å². The largest absolute Gasteiger partial charge is 0.493 e. The second-order valence-corrected chi connectivity index (χ2v) is 3.06. The minimum atomic E-state index is -0.00870. The van der Waals surface area contributed by atoms with Gasteiger partial charge >= 0.3 is 0 Å². The Morgan fingerprint density at radius 1 is 1.46 bits per heavy atom. The van der Waals surface area contributed by atoms with Crippen LogP contribution in [0.4, 0.5) is 5.69 Å². The van der Waals surface area contributed by atoms with Crippen LogP contribution in [0, 0.1) is 0 Å². The standard InChI is InChI=1S/C8H8ClN3O/c9-4-2-1-3-5-6(4)7(12-10)8(13)11-5/h1-3,11-13H,10H2. The van der Waals surface area contributed by atoms with Crippen molar-refractivity contribution in [3.05, 3.63) is 23.2 Å². The number of aromatic hydroxyl groups is 1. The summed E-state index contributed by atoms with van der Waals surface area (Å²) in [6.45, 7) is 0. The molecule has 0 atom stereocenters. The summed E-state index contributed by atoms with van der Waals surface area (Å²) in [6.07, 6.45) is 0. The highest BCUT2D eigenvalue weighted by Gasteiger charge is 2.11. The normalized spacial score (nSPS) is 10.6. The van der Waals surface area contributed by atoms with Crippen molar-refractivity contribution in [1.29, 1.82) is 0 Å². The number of halogens is 1. The van der Waals surface area contributed by atoms with Gasteiger partial charge in [0, 0.05) is 5.39 Å². The van der Waals surface area contributed by atoms with Gasteiger partial charge in [-0.2, -0.15) is 0 Å². The Bertz CT molecular complexity index is 452. The van der Waals surface area contributed by atoms with Crippen LogP contribution in [-0.4, -0.2) is 10.1 Å². The summed E-state index contributed by atoms with van der Waals surface area (Å²) in [5.41, 5.74) is 3.56. The molecule has 68 valence electrons. The third-order valence-electron chi connectivity index (χ3n) is 1.90. The molecule has 0 fully saturated rings. The number of fused-ring (bicyclic) bond motifs is 1. The van der Waals surface area contributed by atoms with E-state index < -0.39 is 0 Å². The molecule has 1 aromatic carbocycles. The molecule has 0 bridgehead atoms. The molecular formula is C8H8ClN3O. The van der Waals surface area contributed by atoms with E-state index in [2.05, 4.69) is 10.4 Å². The molecule has 1 aromatic heterocycles. The summed E-state index contributed by atoms with van der Waals surface area (Å²) >= 11 is 5.93. The zero-order chi connectivity index (χ0) is 9.42. The third-order valence-corrected chi connectivity index (χ3v) is 2.21. The summed E-state index contributed by atoms with van der Waals surface area (Å²) < 4.78 is 0. The Morgan fingerprint density at radius 3 is 2.92 bits per heavy atom. The van der Waals surface area contributed by atoms with Crippen molar-refractivity contribution in [2.24, 2.45) is 5.84 Å². The van der Waals surface area contributed by atoms with Gasteiger partial charge in [0.1, 0.15) is 5.69 Å². The second kappa shape index (κ2) is 2.83. The zero-order valence-corrected chi connectivity index (χ0v) is 7.39. The molecule has 0 spiro atoms. The maximum absolute atomic E-state index is 9.40. The minimum absolute atomic E-state index is 0.00870. The molecule has 5 heteroatoms. The third kappa shape index (κ3) is 1.11. The molecular weight excluding hydrogens is 190 g/mol. The van der Waals surface area contributed by atoms with E-state index in [0.29, 0.717) is 16.1 Å². The molecule has 0 saturated heterocycles. The number of aromatic amines is 1. The molecule has 0 aliphatic heterocycles. The first-order valence-electron chi connectivity index (χ1n) is 3.70. The number of hydrogen-bond acceptors (Lipinski definition) is 3. The molecule has 2 rings (SSSR count). The number of aromatic nitrogens is 1. The molecule has 0 amide bonds. The van der Waals surface area contributed by atoms with E-state index in [1.807, 2.05) is 6.07 Å². The fourth-order valence-electron chi connectivity index (χ4n) is 1.33.